The molecule has 114 valence electrons. The molecule has 1 aromatic rings. The molecule has 1 saturated carbocycles. The molecule has 2 rings (SSSR count). The first-order valence-corrected chi connectivity index (χ1v) is 8.54. The Labute approximate surface area is 124 Å². The molecule has 0 amide bonds. The van der Waals surface area contributed by atoms with Crippen LogP contribution in [-0.4, -0.2) is 16.3 Å². The van der Waals surface area contributed by atoms with E-state index in [2.05, 4.69) is 48.3 Å². The molecular weight excluding hydrogens is 246 g/mol. The van der Waals surface area contributed by atoms with Gasteiger partial charge in [0.1, 0.15) is 0 Å². The Morgan fingerprint density at radius 1 is 1.25 bits per heavy atom. The summed E-state index contributed by atoms with van der Waals surface area (Å²) in [6, 6.07) is 0.503. The summed E-state index contributed by atoms with van der Waals surface area (Å²) in [4.78, 5) is 0. The van der Waals surface area contributed by atoms with Crippen molar-refractivity contribution in [2.75, 3.05) is 6.54 Å². The molecule has 3 heteroatoms. The summed E-state index contributed by atoms with van der Waals surface area (Å²) in [5.74, 6) is 1.76. The highest BCUT2D eigenvalue weighted by molar-refractivity contribution is 5.12. The number of aromatic nitrogens is 2. The number of nitrogens with zero attached hydrogens (tertiary/aromatic N) is 2. The molecule has 1 N–H and O–H groups in total. The Kier molecular flexibility index (Phi) is 6.08. The fourth-order valence-corrected chi connectivity index (χ4v) is 3.60. The maximum absolute atomic E-state index is 4.51. The zero-order valence-corrected chi connectivity index (χ0v) is 13.4. The van der Waals surface area contributed by atoms with Gasteiger partial charge in [-0.15, -0.1) is 0 Å². The normalized spacial score (nSPS) is 24.8. The van der Waals surface area contributed by atoms with E-state index >= 15 is 0 Å². The van der Waals surface area contributed by atoms with E-state index in [-0.39, 0.29) is 0 Å². The van der Waals surface area contributed by atoms with Crippen molar-refractivity contribution in [1.29, 1.82) is 0 Å². The Bertz CT molecular complexity index is 377. The van der Waals surface area contributed by atoms with Crippen molar-refractivity contribution < 1.29 is 0 Å². The van der Waals surface area contributed by atoms with Gasteiger partial charge < -0.3 is 5.32 Å². The third kappa shape index (κ3) is 3.85. The highest BCUT2D eigenvalue weighted by Crippen LogP contribution is 2.37. The number of rotatable bonds is 7. The van der Waals surface area contributed by atoms with E-state index in [4.69, 9.17) is 0 Å². The van der Waals surface area contributed by atoms with Gasteiger partial charge >= 0.3 is 0 Å². The fourth-order valence-electron chi connectivity index (χ4n) is 3.60. The van der Waals surface area contributed by atoms with Gasteiger partial charge in [-0.1, -0.05) is 40.0 Å². The summed E-state index contributed by atoms with van der Waals surface area (Å²) < 4.78 is 2.09. The fraction of sp³-hybridized carbons (Fsp3) is 0.824. The van der Waals surface area contributed by atoms with Crippen LogP contribution in [-0.2, 0) is 6.54 Å². The van der Waals surface area contributed by atoms with Crippen LogP contribution >= 0.6 is 0 Å². The minimum absolute atomic E-state index is 0.503. The van der Waals surface area contributed by atoms with Gasteiger partial charge in [0.25, 0.3) is 0 Å². The monoisotopic (exact) mass is 277 g/mol. The van der Waals surface area contributed by atoms with Crippen LogP contribution in [0.2, 0.25) is 0 Å². The summed E-state index contributed by atoms with van der Waals surface area (Å²) in [6.07, 6.45) is 12.4. The maximum atomic E-state index is 4.51. The van der Waals surface area contributed by atoms with Crippen molar-refractivity contribution >= 4 is 0 Å². The largest absolute Gasteiger partial charge is 0.310 e. The summed E-state index contributed by atoms with van der Waals surface area (Å²) >= 11 is 0. The lowest BCUT2D eigenvalue weighted by Crippen LogP contribution is -2.30. The lowest BCUT2D eigenvalue weighted by molar-refractivity contribution is 0.220. The van der Waals surface area contributed by atoms with Crippen LogP contribution in [0.5, 0.6) is 0 Å². The van der Waals surface area contributed by atoms with Gasteiger partial charge in [0.15, 0.2) is 0 Å². The molecular formula is C17H31N3. The van der Waals surface area contributed by atoms with Crippen LogP contribution in [0.15, 0.2) is 12.4 Å². The molecule has 0 bridgehead atoms. The second kappa shape index (κ2) is 7.82. The van der Waals surface area contributed by atoms with Gasteiger partial charge in [-0.05, 0) is 37.6 Å². The third-order valence-electron chi connectivity index (χ3n) is 4.83. The van der Waals surface area contributed by atoms with Crippen molar-refractivity contribution in [2.45, 2.75) is 71.9 Å². The molecule has 0 saturated heterocycles. The van der Waals surface area contributed by atoms with Gasteiger partial charge in [0.05, 0.1) is 6.20 Å². The van der Waals surface area contributed by atoms with E-state index in [1.165, 1.54) is 37.7 Å². The van der Waals surface area contributed by atoms with Gasteiger partial charge in [-0.2, -0.15) is 5.10 Å². The first kappa shape index (κ1) is 15.6. The molecule has 1 aliphatic carbocycles. The molecule has 1 unspecified atom stereocenters. The average molecular weight is 277 g/mol. The minimum atomic E-state index is 0.503. The second-order valence-corrected chi connectivity index (χ2v) is 6.26. The number of nitrogens with one attached hydrogen (secondary N) is 1. The van der Waals surface area contributed by atoms with E-state index in [0.717, 1.165) is 31.3 Å². The smallest absolute Gasteiger partial charge is 0.0537 e. The van der Waals surface area contributed by atoms with Crippen molar-refractivity contribution in [1.82, 2.24) is 15.1 Å². The molecule has 0 radical (unpaired) electrons. The minimum Gasteiger partial charge on any atom is -0.310 e. The molecule has 1 aliphatic rings. The van der Waals surface area contributed by atoms with Crippen molar-refractivity contribution in [3.63, 3.8) is 0 Å². The highest BCUT2D eigenvalue weighted by Gasteiger charge is 2.28. The molecule has 1 fully saturated rings. The molecule has 1 heterocycles. The van der Waals surface area contributed by atoms with E-state index in [9.17, 15) is 0 Å². The van der Waals surface area contributed by atoms with Crippen LogP contribution in [0.4, 0.5) is 0 Å². The van der Waals surface area contributed by atoms with Gasteiger partial charge in [0, 0.05) is 24.3 Å². The van der Waals surface area contributed by atoms with Gasteiger partial charge in [0.2, 0.25) is 0 Å². The summed E-state index contributed by atoms with van der Waals surface area (Å²) in [5.41, 5.74) is 1.39. The van der Waals surface area contributed by atoms with Crippen LogP contribution in [0.1, 0.15) is 70.9 Å². The van der Waals surface area contributed by atoms with E-state index in [0.29, 0.717) is 6.04 Å². The lowest BCUT2D eigenvalue weighted by atomic mass is 9.76. The molecule has 0 spiro atoms. The molecule has 1 aromatic heterocycles. The van der Waals surface area contributed by atoms with Crippen molar-refractivity contribution in [2.24, 2.45) is 11.8 Å². The van der Waals surface area contributed by atoms with E-state index < -0.39 is 0 Å². The molecule has 1 atom stereocenters. The van der Waals surface area contributed by atoms with Crippen LogP contribution in [0.25, 0.3) is 0 Å². The quantitative estimate of drug-likeness (QED) is 0.811. The second-order valence-electron chi connectivity index (χ2n) is 6.26. The lowest BCUT2D eigenvalue weighted by Gasteiger charge is -2.33. The van der Waals surface area contributed by atoms with Gasteiger partial charge in [-0.25, -0.2) is 0 Å². The highest BCUT2D eigenvalue weighted by atomic mass is 15.3. The zero-order chi connectivity index (χ0) is 14.4. The van der Waals surface area contributed by atoms with Gasteiger partial charge in [-0.3, -0.25) is 4.68 Å². The number of aryl methyl sites for hydroxylation is 1. The molecule has 3 nitrogen and oxygen atoms in total. The Morgan fingerprint density at radius 3 is 2.60 bits per heavy atom. The standard InChI is InChI=1S/C17H31N3/c1-4-11-20-13-16(12-19-20)17(18-6-3)15-9-7-14(5-2)8-10-15/h12-15,17-18H,4-11H2,1-3H3. The maximum Gasteiger partial charge on any atom is 0.0537 e. The molecule has 0 aliphatic heterocycles. The van der Waals surface area contributed by atoms with Crippen molar-refractivity contribution in [3.05, 3.63) is 18.0 Å². The first-order chi connectivity index (χ1) is 9.78. The first-order valence-electron chi connectivity index (χ1n) is 8.54. The average Bonchev–Trinajstić information content (AvgIpc) is 2.94. The Balaban J connectivity index is 2.02. The van der Waals surface area contributed by atoms with Crippen LogP contribution in [0.3, 0.4) is 0 Å². The predicted molar refractivity (Wildman–Crippen MR) is 84.7 cm³/mol. The van der Waals surface area contributed by atoms with Crippen LogP contribution < -0.4 is 5.32 Å². The molecule has 20 heavy (non-hydrogen) atoms. The summed E-state index contributed by atoms with van der Waals surface area (Å²) in [5, 5.41) is 8.22. The van der Waals surface area contributed by atoms with Crippen LogP contribution in [0, 0.1) is 11.8 Å². The summed E-state index contributed by atoms with van der Waals surface area (Å²) in [7, 11) is 0. The Morgan fingerprint density at radius 2 is 2.00 bits per heavy atom. The number of hydrogen-bond acceptors (Lipinski definition) is 2. The van der Waals surface area contributed by atoms with E-state index in [1.807, 2.05) is 0 Å². The van der Waals surface area contributed by atoms with Crippen molar-refractivity contribution in [3.8, 4) is 0 Å². The van der Waals surface area contributed by atoms with E-state index in [1.54, 1.807) is 0 Å². The topological polar surface area (TPSA) is 29.9 Å². The predicted octanol–water partition coefficient (Wildman–Crippen LogP) is 4.16. The Hall–Kier alpha value is -0.830. The number of hydrogen-bond donors (Lipinski definition) is 1. The zero-order valence-electron chi connectivity index (χ0n) is 13.4. The summed E-state index contributed by atoms with van der Waals surface area (Å²) in [6.45, 7) is 8.82. The SMILES string of the molecule is CCCn1cc(C(NCC)C2CCC(CC)CC2)cn1. The molecule has 0 aromatic carbocycles. The third-order valence-corrected chi connectivity index (χ3v) is 4.83.